The van der Waals surface area contributed by atoms with Crippen molar-refractivity contribution in [2.75, 3.05) is 5.32 Å². The molecule has 1 N–H and O–H groups in total. The minimum absolute atomic E-state index is 0.00681. The lowest BCUT2D eigenvalue weighted by Crippen LogP contribution is -2.28. The van der Waals surface area contributed by atoms with Gasteiger partial charge in [-0.1, -0.05) is 48.0 Å². The van der Waals surface area contributed by atoms with Crippen molar-refractivity contribution < 1.29 is 9.18 Å². The van der Waals surface area contributed by atoms with Gasteiger partial charge in [-0.15, -0.1) is 0 Å². The predicted octanol–water partition coefficient (Wildman–Crippen LogP) is 4.15. The van der Waals surface area contributed by atoms with E-state index in [1.165, 1.54) is 12.1 Å². The largest absolute Gasteiger partial charge is 0.323 e. The molecule has 0 heterocycles. The number of hydrogen-bond acceptors (Lipinski definition) is 1. The molecule has 0 atom stereocenters. The second-order valence-electron chi connectivity index (χ2n) is 5.00. The van der Waals surface area contributed by atoms with Crippen molar-refractivity contribution in [1.82, 2.24) is 0 Å². The fourth-order valence-corrected chi connectivity index (χ4v) is 2.55. The Morgan fingerprint density at radius 3 is 2.45 bits per heavy atom. The molecule has 2 aromatic rings. The molecule has 4 heteroatoms. The first-order valence-electron chi connectivity index (χ1n) is 6.44. The smallest absolute Gasteiger partial charge is 0.235 e. The quantitative estimate of drug-likeness (QED) is 0.903. The number of hydrogen-bond donors (Lipinski definition) is 1. The van der Waals surface area contributed by atoms with Crippen LogP contribution in [0.4, 0.5) is 10.1 Å². The molecule has 0 aliphatic heterocycles. The highest BCUT2D eigenvalue weighted by Gasteiger charge is 2.51. The number of carbonyl (C=O) groups excluding carboxylic acids is 1. The third-order valence-electron chi connectivity index (χ3n) is 3.71. The average molecular weight is 290 g/mol. The summed E-state index contributed by atoms with van der Waals surface area (Å²) in [5, 5.41) is 2.66. The van der Waals surface area contributed by atoms with Crippen LogP contribution in [0.2, 0.25) is 5.02 Å². The van der Waals surface area contributed by atoms with Gasteiger partial charge in [-0.2, -0.15) is 0 Å². The molecule has 0 unspecified atom stereocenters. The molecule has 0 radical (unpaired) electrons. The van der Waals surface area contributed by atoms with E-state index in [1.807, 2.05) is 30.3 Å². The van der Waals surface area contributed by atoms with Crippen LogP contribution >= 0.6 is 11.6 Å². The molecule has 1 fully saturated rings. The fourth-order valence-electron chi connectivity index (χ4n) is 2.37. The zero-order chi connectivity index (χ0) is 14.2. The maximum absolute atomic E-state index is 13.8. The lowest BCUT2D eigenvalue weighted by Gasteiger charge is -2.16. The fraction of sp³-hybridized carbons (Fsp3) is 0.188. The summed E-state index contributed by atoms with van der Waals surface area (Å²) in [6, 6.07) is 14.2. The molecule has 2 nitrogen and oxygen atoms in total. The van der Waals surface area contributed by atoms with E-state index >= 15 is 0 Å². The van der Waals surface area contributed by atoms with Gasteiger partial charge in [0.15, 0.2) is 5.82 Å². The van der Waals surface area contributed by atoms with E-state index in [0.717, 1.165) is 18.4 Å². The Morgan fingerprint density at radius 1 is 1.10 bits per heavy atom. The van der Waals surface area contributed by atoms with E-state index < -0.39 is 11.2 Å². The molecule has 1 saturated carbocycles. The number of anilines is 1. The monoisotopic (exact) mass is 289 g/mol. The Morgan fingerprint density at radius 2 is 1.80 bits per heavy atom. The average Bonchev–Trinajstić information content (AvgIpc) is 3.26. The second kappa shape index (κ2) is 4.91. The molecular weight excluding hydrogens is 277 g/mol. The maximum Gasteiger partial charge on any atom is 0.235 e. The van der Waals surface area contributed by atoms with Gasteiger partial charge in [-0.3, -0.25) is 4.79 Å². The van der Waals surface area contributed by atoms with E-state index in [1.54, 1.807) is 6.07 Å². The summed E-state index contributed by atoms with van der Waals surface area (Å²) in [6.45, 7) is 0. The molecular formula is C16H13ClFNO. The first-order chi connectivity index (χ1) is 9.63. The summed E-state index contributed by atoms with van der Waals surface area (Å²) >= 11 is 5.72. The number of nitrogens with one attached hydrogen (secondary N) is 1. The molecule has 2 aromatic carbocycles. The molecule has 0 spiro atoms. The Labute approximate surface area is 121 Å². The summed E-state index contributed by atoms with van der Waals surface area (Å²) < 4.78 is 13.8. The Bertz CT molecular complexity index is 653. The summed E-state index contributed by atoms with van der Waals surface area (Å²) in [5.41, 5.74) is 0.584. The van der Waals surface area contributed by atoms with Gasteiger partial charge < -0.3 is 5.32 Å². The van der Waals surface area contributed by atoms with E-state index in [0.29, 0.717) is 0 Å². The van der Waals surface area contributed by atoms with Gasteiger partial charge in [0, 0.05) is 0 Å². The molecule has 0 saturated heterocycles. The molecule has 1 aliphatic rings. The van der Waals surface area contributed by atoms with Crippen LogP contribution < -0.4 is 5.32 Å². The molecule has 0 aromatic heterocycles. The highest BCUT2D eigenvalue weighted by atomic mass is 35.5. The molecule has 0 bridgehead atoms. The maximum atomic E-state index is 13.8. The van der Waals surface area contributed by atoms with Gasteiger partial charge in [-0.05, 0) is 30.5 Å². The molecule has 102 valence electrons. The zero-order valence-electron chi connectivity index (χ0n) is 10.7. The lowest BCUT2D eigenvalue weighted by molar-refractivity contribution is -0.118. The van der Waals surface area contributed by atoms with Crippen LogP contribution in [0.25, 0.3) is 0 Å². The van der Waals surface area contributed by atoms with Gasteiger partial charge in [0.1, 0.15) is 0 Å². The van der Waals surface area contributed by atoms with Gasteiger partial charge in [0.25, 0.3) is 0 Å². The van der Waals surface area contributed by atoms with Crippen LogP contribution in [0.5, 0.6) is 0 Å². The van der Waals surface area contributed by atoms with Gasteiger partial charge in [0.2, 0.25) is 5.91 Å². The lowest BCUT2D eigenvalue weighted by atomic mass is 9.95. The molecule has 1 amide bonds. The summed E-state index contributed by atoms with van der Waals surface area (Å²) in [6.07, 6.45) is 1.57. The van der Waals surface area contributed by atoms with Crippen molar-refractivity contribution in [1.29, 1.82) is 0 Å². The van der Waals surface area contributed by atoms with Crippen molar-refractivity contribution in [2.45, 2.75) is 18.3 Å². The number of rotatable bonds is 3. The van der Waals surface area contributed by atoms with Crippen LogP contribution in [0, 0.1) is 5.82 Å². The Kier molecular flexibility index (Phi) is 3.22. The number of benzene rings is 2. The number of carbonyl (C=O) groups is 1. The standard InChI is InChI=1S/C16H13ClFNO/c17-12-7-4-8-13(14(12)18)19-15(20)16(9-10-16)11-5-2-1-3-6-11/h1-8H,9-10H2,(H,19,20). The first kappa shape index (κ1) is 13.1. The van der Waals surface area contributed by atoms with Gasteiger partial charge in [-0.25, -0.2) is 4.39 Å². The van der Waals surface area contributed by atoms with Crippen LogP contribution in [0.15, 0.2) is 48.5 Å². The minimum atomic E-state index is -0.591. The molecule has 20 heavy (non-hydrogen) atoms. The van der Waals surface area contributed by atoms with Gasteiger partial charge in [0.05, 0.1) is 16.1 Å². The van der Waals surface area contributed by atoms with Crippen LogP contribution in [0.1, 0.15) is 18.4 Å². The summed E-state index contributed by atoms with van der Waals surface area (Å²) in [4.78, 5) is 12.4. The first-order valence-corrected chi connectivity index (χ1v) is 6.82. The highest BCUT2D eigenvalue weighted by molar-refractivity contribution is 6.31. The molecule has 3 rings (SSSR count). The van der Waals surface area contributed by atoms with E-state index in [-0.39, 0.29) is 16.6 Å². The number of halogens is 2. The van der Waals surface area contributed by atoms with Crippen molar-refractivity contribution in [3.05, 3.63) is 64.9 Å². The van der Waals surface area contributed by atoms with Crippen LogP contribution in [-0.4, -0.2) is 5.91 Å². The zero-order valence-corrected chi connectivity index (χ0v) is 11.5. The van der Waals surface area contributed by atoms with Crippen molar-refractivity contribution >= 4 is 23.2 Å². The third kappa shape index (κ3) is 2.18. The summed E-state index contributed by atoms with van der Waals surface area (Å²) in [5.74, 6) is -0.767. The van der Waals surface area contributed by atoms with Crippen molar-refractivity contribution in [3.8, 4) is 0 Å². The van der Waals surface area contributed by atoms with Crippen LogP contribution in [0.3, 0.4) is 0 Å². The normalized spacial score (nSPS) is 15.7. The minimum Gasteiger partial charge on any atom is -0.323 e. The van der Waals surface area contributed by atoms with Gasteiger partial charge >= 0.3 is 0 Å². The van der Waals surface area contributed by atoms with E-state index in [9.17, 15) is 9.18 Å². The third-order valence-corrected chi connectivity index (χ3v) is 4.00. The topological polar surface area (TPSA) is 29.1 Å². The predicted molar refractivity (Wildman–Crippen MR) is 77.4 cm³/mol. The second-order valence-corrected chi connectivity index (χ2v) is 5.41. The summed E-state index contributed by atoms with van der Waals surface area (Å²) in [7, 11) is 0. The Hall–Kier alpha value is -1.87. The highest BCUT2D eigenvalue weighted by Crippen LogP contribution is 2.49. The van der Waals surface area contributed by atoms with E-state index in [4.69, 9.17) is 11.6 Å². The van der Waals surface area contributed by atoms with Crippen molar-refractivity contribution in [2.24, 2.45) is 0 Å². The number of amides is 1. The molecule has 1 aliphatic carbocycles. The van der Waals surface area contributed by atoms with Crippen molar-refractivity contribution in [3.63, 3.8) is 0 Å². The Balaban J connectivity index is 1.86. The SMILES string of the molecule is O=C(Nc1cccc(Cl)c1F)C1(c2ccccc2)CC1. The van der Waals surface area contributed by atoms with E-state index in [2.05, 4.69) is 5.32 Å². The van der Waals surface area contributed by atoms with Crippen LogP contribution in [-0.2, 0) is 10.2 Å².